The van der Waals surface area contributed by atoms with Crippen molar-refractivity contribution in [3.05, 3.63) is 41.6 Å². The maximum atomic E-state index is 12.1. The summed E-state index contributed by atoms with van der Waals surface area (Å²) in [6.45, 7) is 3.67. The number of carbonyl (C=O) groups excluding carboxylic acids is 2. The van der Waals surface area contributed by atoms with Crippen LogP contribution in [0, 0.1) is 11.3 Å². The molecule has 0 bridgehead atoms. The normalized spacial score (nSPS) is 11.8. The van der Waals surface area contributed by atoms with Gasteiger partial charge in [-0.3, -0.25) is 9.59 Å². The van der Waals surface area contributed by atoms with Crippen LogP contribution in [0.15, 0.2) is 36.0 Å². The van der Waals surface area contributed by atoms with Crippen molar-refractivity contribution in [2.75, 3.05) is 20.3 Å². The molecule has 1 aromatic carbocycles. The number of carbonyl (C=O) groups is 2. The molecule has 1 aromatic rings. The van der Waals surface area contributed by atoms with Gasteiger partial charge in [0.05, 0.1) is 19.8 Å². The van der Waals surface area contributed by atoms with E-state index in [0.717, 1.165) is 11.3 Å². The molecule has 0 aromatic heterocycles. The van der Waals surface area contributed by atoms with E-state index in [4.69, 9.17) is 14.7 Å². The van der Waals surface area contributed by atoms with Crippen molar-refractivity contribution in [1.82, 2.24) is 10.6 Å². The zero-order valence-corrected chi connectivity index (χ0v) is 14.0. The minimum absolute atomic E-state index is 0.111. The van der Waals surface area contributed by atoms with Gasteiger partial charge >= 0.3 is 5.97 Å². The lowest BCUT2D eigenvalue weighted by Crippen LogP contribution is -2.29. The van der Waals surface area contributed by atoms with Crippen LogP contribution in [0.3, 0.4) is 0 Å². The van der Waals surface area contributed by atoms with Crippen LogP contribution in [-0.4, -0.2) is 32.1 Å². The SMILES string of the molecule is CCOC(=O)CN/C=C(/C#N)C(=O)NC(C)c1ccc(OC)cc1. The Hall–Kier alpha value is -3.01. The molecule has 1 atom stereocenters. The van der Waals surface area contributed by atoms with E-state index in [-0.39, 0.29) is 24.8 Å². The molecule has 0 aliphatic rings. The number of hydrogen-bond donors (Lipinski definition) is 2. The number of nitrogens with one attached hydrogen (secondary N) is 2. The van der Waals surface area contributed by atoms with Crippen LogP contribution >= 0.6 is 0 Å². The fraction of sp³-hybridized carbons (Fsp3) is 0.353. The number of methoxy groups -OCH3 is 1. The van der Waals surface area contributed by atoms with Crippen molar-refractivity contribution in [2.24, 2.45) is 0 Å². The Labute approximate surface area is 141 Å². The summed E-state index contributed by atoms with van der Waals surface area (Å²) in [6, 6.07) is 8.76. The summed E-state index contributed by atoms with van der Waals surface area (Å²) in [5.74, 6) is -0.270. The molecule has 0 saturated carbocycles. The molecular formula is C17H21N3O4. The van der Waals surface area contributed by atoms with Crippen molar-refractivity contribution >= 4 is 11.9 Å². The summed E-state index contributed by atoms with van der Waals surface area (Å²) in [6.07, 6.45) is 1.20. The second-order valence-electron chi connectivity index (χ2n) is 4.82. The lowest BCUT2D eigenvalue weighted by molar-refractivity contribution is -0.141. The third kappa shape index (κ3) is 6.01. The summed E-state index contributed by atoms with van der Waals surface area (Å²) >= 11 is 0. The van der Waals surface area contributed by atoms with E-state index < -0.39 is 11.9 Å². The third-order valence-corrected chi connectivity index (χ3v) is 3.13. The minimum atomic E-state index is -0.530. The third-order valence-electron chi connectivity index (χ3n) is 3.13. The molecular weight excluding hydrogens is 310 g/mol. The summed E-state index contributed by atoms with van der Waals surface area (Å²) in [5, 5.41) is 14.4. The van der Waals surface area contributed by atoms with E-state index in [2.05, 4.69) is 10.6 Å². The molecule has 0 saturated heterocycles. The summed E-state index contributed by atoms with van der Waals surface area (Å²) in [5.41, 5.74) is 0.751. The smallest absolute Gasteiger partial charge is 0.325 e. The number of esters is 1. The van der Waals surface area contributed by atoms with Gasteiger partial charge in [0.15, 0.2) is 0 Å². The van der Waals surface area contributed by atoms with Gasteiger partial charge in [-0.05, 0) is 31.5 Å². The Morgan fingerprint density at radius 3 is 2.54 bits per heavy atom. The molecule has 2 N–H and O–H groups in total. The topological polar surface area (TPSA) is 100 Å². The highest BCUT2D eigenvalue weighted by atomic mass is 16.5. The first-order chi connectivity index (χ1) is 11.5. The molecule has 0 heterocycles. The van der Waals surface area contributed by atoms with Gasteiger partial charge in [-0.25, -0.2) is 0 Å². The molecule has 1 amide bonds. The van der Waals surface area contributed by atoms with Gasteiger partial charge in [-0.2, -0.15) is 5.26 Å². The van der Waals surface area contributed by atoms with Gasteiger partial charge in [0, 0.05) is 6.20 Å². The zero-order chi connectivity index (χ0) is 17.9. The molecule has 24 heavy (non-hydrogen) atoms. The quantitative estimate of drug-likeness (QED) is 0.425. The average molecular weight is 331 g/mol. The maximum absolute atomic E-state index is 12.1. The van der Waals surface area contributed by atoms with Crippen molar-refractivity contribution in [1.29, 1.82) is 5.26 Å². The first-order valence-electron chi connectivity index (χ1n) is 7.45. The predicted octanol–water partition coefficient (Wildman–Crippen LogP) is 1.43. The number of nitrogens with zero attached hydrogens (tertiary/aromatic N) is 1. The first-order valence-corrected chi connectivity index (χ1v) is 7.45. The molecule has 0 aliphatic carbocycles. The van der Waals surface area contributed by atoms with Crippen LogP contribution in [-0.2, 0) is 14.3 Å². The van der Waals surface area contributed by atoms with Crippen LogP contribution < -0.4 is 15.4 Å². The van der Waals surface area contributed by atoms with Gasteiger partial charge < -0.3 is 20.1 Å². The van der Waals surface area contributed by atoms with Crippen molar-refractivity contribution in [2.45, 2.75) is 19.9 Å². The second-order valence-corrected chi connectivity index (χ2v) is 4.82. The molecule has 7 heteroatoms. The van der Waals surface area contributed by atoms with E-state index in [1.165, 1.54) is 6.20 Å². The number of ether oxygens (including phenoxy) is 2. The van der Waals surface area contributed by atoms with E-state index in [1.54, 1.807) is 39.2 Å². The minimum Gasteiger partial charge on any atom is -0.497 e. The van der Waals surface area contributed by atoms with Crippen molar-refractivity contribution in [3.8, 4) is 11.8 Å². The Kier molecular flexibility index (Phi) is 7.85. The molecule has 1 rings (SSSR count). The monoisotopic (exact) mass is 331 g/mol. The highest BCUT2D eigenvalue weighted by molar-refractivity contribution is 5.97. The Balaban J connectivity index is 2.62. The van der Waals surface area contributed by atoms with E-state index in [9.17, 15) is 9.59 Å². The van der Waals surface area contributed by atoms with Crippen LogP contribution in [0.5, 0.6) is 5.75 Å². The van der Waals surface area contributed by atoms with E-state index in [1.807, 2.05) is 12.1 Å². The number of nitriles is 1. The molecule has 7 nitrogen and oxygen atoms in total. The predicted molar refractivity (Wildman–Crippen MR) is 87.9 cm³/mol. The lowest BCUT2D eigenvalue weighted by Gasteiger charge is -2.14. The van der Waals surface area contributed by atoms with Crippen molar-refractivity contribution < 1.29 is 19.1 Å². The largest absolute Gasteiger partial charge is 0.497 e. The highest BCUT2D eigenvalue weighted by Gasteiger charge is 2.14. The number of benzene rings is 1. The van der Waals surface area contributed by atoms with E-state index >= 15 is 0 Å². The van der Waals surface area contributed by atoms with Gasteiger partial charge in [0.2, 0.25) is 0 Å². The first kappa shape index (κ1) is 19.0. The lowest BCUT2D eigenvalue weighted by atomic mass is 10.1. The Bertz CT molecular complexity index is 632. The Morgan fingerprint density at radius 2 is 2.00 bits per heavy atom. The molecule has 0 spiro atoms. The van der Waals surface area contributed by atoms with Crippen LogP contribution in [0.25, 0.3) is 0 Å². The zero-order valence-electron chi connectivity index (χ0n) is 14.0. The average Bonchev–Trinajstić information content (AvgIpc) is 2.58. The fourth-order valence-corrected chi connectivity index (χ4v) is 1.85. The van der Waals surface area contributed by atoms with Crippen molar-refractivity contribution in [3.63, 3.8) is 0 Å². The number of hydrogen-bond acceptors (Lipinski definition) is 6. The van der Waals surface area contributed by atoms with Crippen LogP contribution in [0.1, 0.15) is 25.5 Å². The van der Waals surface area contributed by atoms with Gasteiger partial charge in [-0.15, -0.1) is 0 Å². The summed E-state index contributed by atoms with van der Waals surface area (Å²) in [7, 11) is 1.58. The van der Waals surface area contributed by atoms with Crippen LogP contribution in [0.4, 0.5) is 0 Å². The van der Waals surface area contributed by atoms with Gasteiger partial charge in [0.25, 0.3) is 5.91 Å². The molecule has 1 unspecified atom stereocenters. The molecule has 0 aliphatic heterocycles. The maximum Gasteiger partial charge on any atom is 0.325 e. The molecule has 0 fully saturated rings. The second kappa shape index (κ2) is 9.90. The number of rotatable bonds is 8. The van der Waals surface area contributed by atoms with E-state index in [0.29, 0.717) is 0 Å². The molecule has 128 valence electrons. The van der Waals surface area contributed by atoms with Crippen LogP contribution in [0.2, 0.25) is 0 Å². The summed E-state index contributed by atoms with van der Waals surface area (Å²) in [4.78, 5) is 23.3. The fourth-order valence-electron chi connectivity index (χ4n) is 1.85. The Morgan fingerprint density at radius 1 is 1.33 bits per heavy atom. The standard InChI is InChI=1S/C17H21N3O4/c1-4-24-16(21)11-19-10-14(9-18)17(22)20-12(2)13-5-7-15(23-3)8-6-13/h5-8,10,12,19H,4,11H2,1-3H3,(H,20,22)/b14-10-. The van der Waals surface area contributed by atoms with Gasteiger partial charge in [-0.1, -0.05) is 12.1 Å². The summed E-state index contributed by atoms with van der Waals surface area (Å²) < 4.78 is 9.82. The number of amides is 1. The molecule has 0 radical (unpaired) electrons. The highest BCUT2D eigenvalue weighted by Crippen LogP contribution is 2.17. The van der Waals surface area contributed by atoms with Gasteiger partial charge in [0.1, 0.15) is 23.9 Å².